The van der Waals surface area contributed by atoms with E-state index in [0.29, 0.717) is 13.0 Å². The van der Waals surface area contributed by atoms with Crippen molar-refractivity contribution in [3.63, 3.8) is 0 Å². The third kappa shape index (κ3) is 27.2. The van der Waals surface area contributed by atoms with Crippen LogP contribution in [0.3, 0.4) is 0 Å². The van der Waals surface area contributed by atoms with Gasteiger partial charge in [-0.15, -0.1) is 0 Å². The highest BCUT2D eigenvalue weighted by atomic mass is 16.5. The van der Waals surface area contributed by atoms with Gasteiger partial charge in [-0.25, -0.2) is 0 Å². The van der Waals surface area contributed by atoms with E-state index >= 15 is 0 Å². The van der Waals surface area contributed by atoms with Gasteiger partial charge in [0.2, 0.25) is 0 Å². The Kier molecular flexibility index (Phi) is 26.5. The average Bonchev–Trinajstić information content (AvgIpc) is 2.77. The maximum absolute atomic E-state index is 11.7. The Morgan fingerprint density at radius 3 is 1.39 bits per heavy atom. The molecule has 0 atom stereocenters. The van der Waals surface area contributed by atoms with E-state index in [9.17, 15) is 4.79 Å². The van der Waals surface area contributed by atoms with Crippen molar-refractivity contribution in [3.05, 3.63) is 12.2 Å². The molecule has 0 bridgehead atoms. The fourth-order valence-corrected chi connectivity index (χ4v) is 4.01. The summed E-state index contributed by atoms with van der Waals surface area (Å²) in [5.74, 6) is 0.0127. The SMILES string of the molecule is CCCCCCCC/C=C\CCCCCCCCOC(=O)CCCCCCCCCC. The van der Waals surface area contributed by atoms with E-state index in [-0.39, 0.29) is 5.97 Å². The highest BCUT2D eigenvalue weighted by Crippen LogP contribution is 2.11. The summed E-state index contributed by atoms with van der Waals surface area (Å²) in [4.78, 5) is 11.7. The first kappa shape index (κ1) is 30.2. The first-order valence-electron chi connectivity index (χ1n) is 14.1. The van der Waals surface area contributed by atoms with Gasteiger partial charge in [-0.3, -0.25) is 4.79 Å². The molecule has 0 aliphatic heterocycles. The lowest BCUT2D eigenvalue weighted by Gasteiger charge is -2.05. The monoisotopic (exact) mass is 436 g/mol. The van der Waals surface area contributed by atoms with E-state index in [4.69, 9.17) is 4.74 Å². The lowest BCUT2D eigenvalue weighted by molar-refractivity contribution is -0.143. The first-order chi connectivity index (χ1) is 15.3. The van der Waals surface area contributed by atoms with Crippen LogP contribution >= 0.6 is 0 Å². The zero-order valence-electron chi connectivity index (χ0n) is 21.4. The Balaban J connectivity index is 3.18. The van der Waals surface area contributed by atoms with Crippen LogP contribution in [0, 0.1) is 0 Å². The molecule has 2 heteroatoms. The molecule has 0 radical (unpaired) electrons. The number of ether oxygens (including phenoxy) is 1. The first-order valence-corrected chi connectivity index (χ1v) is 14.1. The molecule has 0 aliphatic carbocycles. The van der Waals surface area contributed by atoms with E-state index < -0.39 is 0 Å². The van der Waals surface area contributed by atoms with Gasteiger partial charge in [-0.1, -0.05) is 129 Å². The van der Waals surface area contributed by atoms with Gasteiger partial charge in [0.15, 0.2) is 0 Å². The number of carbonyl (C=O) groups excluding carboxylic acids is 1. The second-order valence-corrected chi connectivity index (χ2v) is 9.38. The molecule has 0 saturated heterocycles. The molecule has 0 unspecified atom stereocenters. The molecule has 0 aromatic rings. The smallest absolute Gasteiger partial charge is 0.305 e. The van der Waals surface area contributed by atoms with Crippen LogP contribution in [0.15, 0.2) is 12.2 Å². The number of allylic oxidation sites excluding steroid dienone is 2. The Hall–Kier alpha value is -0.790. The fourth-order valence-electron chi connectivity index (χ4n) is 4.01. The van der Waals surface area contributed by atoms with Gasteiger partial charge in [-0.2, -0.15) is 0 Å². The van der Waals surface area contributed by atoms with Crippen LogP contribution in [-0.4, -0.2) is 12.6 Å². The summed E-state index contributed by atoms with van der Waals surface area (Å²) < 4.78 is 5.37. The number of rotatable bonds is 25. The maximum atomic E-state index is 11.7. The summed E-state index contributed by atoms with van der Waals surface area (Å²) in [5, 5.41) is 0. The molecule has 31 heavy (non-hydrogen) atoms. The highest BCUT2D eigenvalue weighted by Gasteiger charge is 2.02. The largest absolute Gasteiger partial charge is 0.466 e. The molecule has 0 saturated carbocycles. The van der Waals surface area contributed by atoms with Gasteiger partial charge in [-0.05, 0) is 38.5 Å². The van der Waals surface area contributed by atoms with Crippen molar-refractivity contribution in [2.24, 2.45) is 0 Å². The van der Waals surface area contributed by atoms with Crippen LogP contribution in [-0.2, 0) is 9.53 Å². The van der Waals surface area contributed by atoms with Gasteiger partial charge in [0.05, 0.1) is 6.61 Å². The van der Waals surface area contributed by atoms with Crippen LogP contribution < -0.4 is 0 Å². The van der Waals surface area contributed by atoms with E-state index in [2.05, 4.69) is 26.0 Å². The molecule has 0 aromatic heterocycles. The summed E-state index contributed by atoms with van der Waals surface area (Å²) in [6.45, 7) is 5.15. The van der Waals surface area contributed by atoms with Crippen LogP contribution in [0.1, 0.15) is 162 Å². The Morgan fingerprint density at radius 2 is 0.903 bits per heavy atom. The summed E-state index contributed by atoms with van der Waals surface area (Å²) in [6, 6.07) is 0. The van der Waals surface area contributed by atoms with E-state index in [1.54, 1.807) is 0 Å². The second-order valence-electron chi connectivity index (χ2n) is 9.38. The molecule has 0 fully saturated rings. The number of carbonyl (C=O) groups is 1. The molecule has 0 aromatic carbocycles. The average molecular weight is 437 g/mol. The standard InChI is InChI=1S/C29H56O2/c1-3-5-7-9-11-13-14-15-16-17-18-19-20-22-24-26-28-31-29(30)27-25-23-21-12-10-8-6-4-2/h15-16H,3-14,17-28H2,1-2H3/b16-15-. The zero-order valence-corrected chi connectivity index (χ0v) is 21.4. The molecule has 184 valence electrons. The lowest BCUT2D eigenvalue weighted by Crippen LogP contribution is -2.05. The minimum atomic E-state index is 0.0127. The van der Waals surface area contributed by atoms with Crippen molar-refractivity contribution in [1.29, 1.82) is 0 Å². The van der Waals surface area contributed by atoms with Crippen molar-refractivity contribution < 1.29 is 9.53 Å². The summed E-state index contributed by atoms with van der Waals surface area (Å²) >= 11 is 0. The van der Waals surface area contributed by atoms with E-state index in [0.717, 1.165) is 12.8 Å². The Labute approximate surface area is 196 Å². The number of esters is 1. The fraction of sp³-hybridized carbons (Fsp3) is 0.897. The molecule has 2 nitrogen and oxygen atoms in total. The molecule has 0 aliphatic rings. The van der Waals surface area contributed by atoms with Crippen molar-refractivity contribution in [1.82, 2.24) is 0 Å². The molecular weight excluding hydrogens is 380 g/mol. The predicted octanol–water partition coefficient (Wildman–Crippen LogP) is 10.1. The topological polar surface area (TPSA) is 26.3 Å². The summed E-state index contributed by atoms with van der Waals surface area (Å²) in [6.07, 6.45) is 33.9. The predicted molar refractivity (Wildman–Crippen MR) is 138 cm³/mol. The number of unbranched alkanes of at least 4 members (excludes halogenated alkanes) is 19. The van der Waals surface area contributed by atoms with Crippen molar-refractivity contribution >= 4 is 5.97 Å². The van der Waals surface area contributed by atoms with Gasteiger partial charge >= 0.3 is 5.97 Å². The second kappa shape index (κ2) is 27.2. The van der Waals surface area contributed by atoms with Crippen LogP contribution in [0.25, 0.3) is 0 Å². The van der Waals surface area contributed by atoms with Crippen molar-refractivity contribution in [2.75, 3.05) is 6.61 Å². The number of hydrogen-bond donors (Lipinski definition) is 0. The minimum absolute atomic E-state index is 0.0127. The molecule has 0 rings (SSSR count). The zero-order chi connectivity index (χ0) is 22.7. The Bertz CT molecular complexity index is 375. The minimum Gasteiger partial charge on any atom is -0.466 e. The molecule has 0 heterocycles. The third-order valence-corrected chi connectivity index (χ3v) is 6.15. The highest BCUT2D eigenvalue weighted by molar-refractivity contribution is 5.69. The number of hydrogen-bond acceptors (Lipinski definition) is 2. The van der Waals surface area contributed by atoms with Gasteiger partial charge < -0.3 is 4.74 Å². The lowest BCUT2D eigenvalue weighted by atomic mass is 10.1. The van der Waals surface area contributed by atoms with E-state index in [1.165, 1.54) is 128 Å². The molecule has 0 N–H and O–H groups in total. The van der Waals surface area contributed by atoms with Crippen molar-refractivity contribution in [3.8, 4) is 0 Å². The van der Waals surface area contributed by atoms with Gasteiger partial charge in [0.1, 0.15) is 0 Å². The molecule has 0 spiro atoms. The van der Waals surface area contributed by atoms with E-state index in [1.807, 2.05) is 0 Å². The molecular formula is C29H56O2. The van der Waals surface area contributed by atoms with Crippen molar-refractivity contribution in [2.45, 2.75) is 162 Å². The normalized spacial score (nSPS) is 11.4. The maximum Gasteiger partial charge on any atom is 0.305 e. The van der Waals surface area contributed by atoms with Crippen LogP contribution in [0.2, 0.25) is 0 Å². The van der Waals surface area contributed by atoms with Crippen LogP contribution in [0.5, 0.6) is 0 Å². The summed E-state index contributed by atoms with van der Waals surface area (Å²) in [5.41, 5.74) is 0. The third-order valence-electron chi connectivity index (χ3n) is 6.15. The van der Waals surface area contributed by atoms with Gasteiger partial charge in [0, 0.05) is 6.42 Å². The quantitative estimate of drug-likeness (QED) is 0.0808. The summed E-state index contributed by atoms with van der Waals surface area (Å²) in [7, 11) is 0. The van der Waals surface area contributed by atoms with Gasteiger partial charge in [0.25, 0.3) is 0 Å². The van der Waals surface area contributed by atoms with Crippen LogP contribution in [0.4, 0.5) is 0 Å². The molecule has 0 amide bonds. The Morgan fingerprint density at radius 1 is 0.516 bits per heavy atom.